The van der Waals surface area contributed by atoms with Crippen molar-refractivity contribution in [1.82, 2.24) is 4.57 Å². The number of nitrogens with zero attached hydrogens (tertiary/aromatic N) is 3. The lowest BCUT2D eigenvalue weighted by Gasteiger charge is -2.16. The highest BCUT2D eigenvalue weighted by Gasteiger charge is 2.21. The van der Waals surface area contributed by atoms with Crippen molar-refractivity contribution < 1.29 is 9.59 Å². The predicted molar refractivity (Wildman–Crippen MR) is 105 cm³/mol. The molecule has 1 aliphatic heterocycles. The Kier molecular flexibility index (Phi) is 4.50. The van der Waals surface area contributed by atoms with Gasteiger partial charge >= 0.3 is 0 Å². The normalized spacial score (nSPS) is 13.7. The Bertz CT molecular complexity index is 1190. The number of hydrogen-bond donors (Lipinski definition) is 0. The van der Waals surface area contributed by atoms with E-state index in [1.54, 1.807) is 58.0 Å². The molecule has 1 aliphatic rings. The maximum absolute atomic E-state index is 12.8. The number of hydrogen-bond acceptors (Lipinski definition) is 4. The minimum atomic E-state index is -0.332. The van der Waals surface area contributed by atoms with E-state index in [0.29, 0.717) is 29.4 Å². The summed E-state index contributed by atoms with van der Waals surface area (Å²) in [6.07, 6.45) is 2.83. The largest absolute Gasteiger partial charge is 0.338 e. The number of carbonyl (C=O) groups excluding carboxylic acids is 2. The first-order valence-corrected chi connectivity index (χ1v) is 9.04. The SMILES string of the molecule is N#Cc1cn(CC(=O)c2ccc(N3CCCC3=O)cc2)c2ccccc2c1=O. The number of para-hydroxylation sites is 1. The number of amides is 1. The van der Waals surface area contributed by atoms with Crippen LogP contribution in [-0.4, -0.2) is 22.8 Å². The Labute approximate surface area is 161 Å². The summed E-state index contributed by atoms with van der Waals surface area (Å²) < 4.78 is 1.63. The standard InChI is InChI=1S/C22H17N3O3/c23-12-16-13-24(19-5-2-1-4-18(19)22(16)28)14-20(26)15-7-9-17(10-8-15)25-11-3-6-21(25)27/h1-2,4-5,7-10,13H,3,6,11,14H2. The van der Waals surface area contributed by atoms with E-state index in [4.69, 9.17) is 0 Å². The van der Waals surface area contributed by atoms with Crippen LogP contribution in [0, 0.1) is 11.3 Å². The van der Waals surface area contributed by atoms with E-state index in [-0.39, 0.29) is 29.2 Å². The van der Waals surface area contributed by atoms with Gasteiger partial charge < -0.3 is 9.47 Å². The van der Waals surface area contributed by atoms with Gasteiger partial charge in [0.2, 0.25) is 11.3 Å². The van der Waals surface area contributed by atoms with Gasteiger partial charge in [0.1, 0.15) is 11.6 Å². The molecule has 0 saturated carbocycles. The van der Waals surface area contributed by atoms with Crippen molar-refractivity contribution in [1.29, 1.82) is 5.26 Å². The Morgan fingerprint density at radius 3 is 2.50 bits per heavy atom. The second kappa shape index (κ2) is 7.12. The molecule has 0 N–H and O–H groups in total. The van der Waals surface area contributed by atoms with Gasteiger partial charge in [0.05, 0.1) is 12.1 Å². The van der Waals surface area contributed by atoms with E-state index in [0.717, 1.165) is 12.1 Å². The van der Waals surface area contributed by atoms with Crippen LogP contribution in [0.1, 0.15) is 28.8 Å². The number of nitriles is 1. The summed E-state index contributed by atoms with van der Waals surface area (Å²) >= 11 is 0. The number of rotatable bonds is 4. The summed E-state index contributed by atoms with van der Waals surface area (Å²) in [6, 6.07) is 15.8. The van der Waals surface area contributed by atoms with Gasteiger partial charge in [-0.2, -0.15) is 5.26 Å². The molecule has 28 heavy (non-hydrogen) atoms. The quantitative estimate of drug-likeness (QED) is 0.660. The Morgan fingerprint density at radius 2 is 1.82 bits per heavy atom. The number of ketones is 1. The molecule has 0 atom stereocenters. The number of fused-ring (bicyclic) bond motifs is 1. The highest BCUT2D eigenvalue weighted by atomic mass is 16.2. The number of benzene rings is 2. The molecule has 138 valence electrons. The lowest BCUT2D eigenvalue weighted by Crippen LogP contribution is -2.23. The number of anilines is 1. The summed E-state index contributed by atoms with van der Waals surface area (Å²) in [6.45, 7) is 0.712. The molecule has 6 nitrogen and oxygen atoms in total. The van der Waals surface area contributed by atoms with Crippen molar-refractivity contribution in [3.8, 4) is 6.07 Å². The van der Waals surface area contributed by atoms with Gasteiger partial charge in [0.25, 0.3) is 0 Å². The first-order valence-electron chi connectivity index (χ1n) is 9.04. The fourth-order valence-electron chi connectivity index (χ4n) is 3.55. The lowest BCUT2D eigenvalue weighted by molar-refractivity contribution is -0.117. The molecule has 2 aromatic carbocycles. The first kappa shape index (κ1) is 17.7. The smallest absolute Gasteiger partial charge is 0.227 e. The molecule has 1 saturated heterocycles. The topological polar surface area (TPSA) is 83.2 Å². The van der Waals surface area contributed by atoms with Crippen LogP contribution in [0.4, 0.5) is 5.69 Å². The maximum atomic E-state index is 12.8. The van der Waals surface area contributed by atoms with Gasteiger partial charge in [0.15, 0.2) is 5.78 Å². The Hall–Kier alpha value is -3.72. The first-order chi connectivity index (χ1) is 13.6. The molecule has 0 radical (unpaired) electrons. The molecule has 3 aromatic rings. The summed E-state index contributed by atoms with van der Waals surface area (Å²) in [5.74, 6) is -0.0418. The van der Waals surface area contributed by atoms with E-state index in [1.807, 2.05) is 6.07 Å². The zero-order valence-electron chi connectivity index (χ0n) is 15.1. The maximum Gasteiger partial charge on any atom is 0.227 e. The van der Waals surface area contributed by atoms with E-state index in [1.165, 1.54) is 6.20 Å². The zero-order valence-corrected chi connectivity index (χ0v) is 15.1. The van der Waals surface area contributed by atoms with Crippen LogP contribution in [0.5, 0.6) is 0 Å². The molecule has 1 amide bonds. The average Bonchev–Trinajstić information content (AvgIpc) is 3.16. The molecular formula is C22H17N3O3. The van der Waals surface area contributed by atoms with E-state index in [9.17, 15) is 19.6 Å². The van der Waals surface area contributed by atoms with Crippen LogP contribution in [0.25, 0.3) is 10.9 Å². The van der Waals surface area contributed by atoms with Crippen molar-refractivity contribution in [2.24, 2.45) is 0 Å². The summed E-state index contributed by atoms with van der Waals surface area (Å²) in [5, 5.41) is 9.64. The third-order valence-electron chi connectivity index (χ3n) is 5.00. The third-order valence-corrected chi connectivity index (χ3v) is 5.00. The molecule has 4 rings (SSSR count). The monoisotopic (exact) mass is 371 g/mol. The van der Waals surface area contributed by atoms with Gasteiger partial charge in [-0.15, -0.1) is 0 Å². The molecule has 0 unspecified atom stereocenters. The van der Waals surface area contributed by atoms with E-state index in [2.05, 4.69) is 0 Å². The molecule has 1 aromatic heterocycles. The second-order valence-corrected chi connectivity index (χ2v) is 6.75. The number of carbonyl (C=O) groups is 2. The number of aromatic nitrogens is 1. The van der Waals surface area contributed by atoms with Gasteiger partial charge in [-0.1, -0.05) is 12.1 Å². The van der Waals surface area contributed by atoms with E-state index < -0.39 is 0 Å². The van der Waals surface area contributed by atoms with Gasteiger partial charge in [0, 0.05) is 35.8 Å². The Morgan fingerprint density at radius 1 is 1.07 bits per heavy atom. The van der Waals surface area contributed by atoms with Crippen LogP contribution >= 0.6 is 0 Å². The fraction of sp³-hybridized carbons (Fsp3) is 0.182. The molecule has 0 spiro atoms. The van der Waals surface area contributed by atoms with Gasteiger partial charge in [-0.05, 0) is 42.8 Å². The average molecular weight is 371 g/mol. The van der Waals surface area contributed by atoms with Crippen molar-refractivity contribution in [3.63, 3.8) is 0 Å². The van der Waals surface area contributed by atoms with Crippen molar-refractivity contribution >= 4 is 28.3 Å². The van der Waals surface area contributed by atoms with E-state index >= 15 is 0 Å². The number of Topliss-reactive ketones (excluding diaryl/α,β-unsaturated/α-hetero) is 1. The van der Waals surface area contributed by atoms with Crippen LogP contribution in [-0.2, 0) is 11.3 Å². The zero-order chi connectivity index (χ0) is 19.7. The predicted octanol–water partition coefficient (Wildman–Crippen LogP) is 2.88. The lowest BCUT2D eigenvalue weighted by atomic mass is 10.1. The molecule has 2 heterocycles. The van der Waals surface area contributed by atoms with Crippen molar-refractivity contribution in [2.45, 2.75) is 19.4 Å². The third kappa shape index (κ3) is 3.08. The summed E-state index contributed by atoms with van der Waals surface area (Å²) in [4.78, 5) is 38.7. The molecule has 0 aliphatic carbocycles. The van der Waals surface area contributed by atoms with Crippen LogP contribution < -0.4 is 10.3 Å². The molecule has 1 fully saturated rings. The summed E-state index contributed by atoms with van der Waals surface area (Å²) in [5.41, 5.74) is 1.59. The van der Waals surface area contributed by atoms with Crippen LogP contribution in [0.15, 0.2) is 59.5 Å². The van der Waals surface area contributed by atoms with Crippen molar-refractivity contribution in [3.05, 3.63) is 76.1 Å². The molecule has 0 bridgehead atoms. The van der Waals surface area contributed by atoms with Crippen molar-refractivity contribution in [2.75, 3.05) is 11.4 Å². The minimum absolute atomic E-state index is 0.00870. The minimum Gasteiger partial charge on any atom is -0.338 e. The molecular weight excluding hydrogens is 354 g/mol. The fourth-order valence-corrected chi connectivity index (χ4v) is 3.55. The second-order valence-electron chi connectivity index (χ2n) is 6.75. The van der Waals surface area contributed by atoms with Crippen LogP contribution in [0.2, 0.25) is 0 Å². The highest BCUT2D eigenvalue weighted by molar-refractivity contribution is 5.99. The van der Waals surface area contributed by atoms with Gasteiger partial charge in [-0.25, -0.2) is 0 Å². The Balaban J connectivity index is 1.64. The molecule has 6 heteroatoms. The highest BCUT2D eigenvalue weighted by Crippen LogP contribution is 2.22. The number of pyridine rings is 1. The van der Waals surface area contributed by atoms with Gasteiger partial charge in [-0.3, -0.25) is 14.4 Å². The summed E-state index contributed by atoms with van der Waals surface area (Å²) in [7, 11) is 0. The van der Waals surface area contributed by atoms with Crippen LogP contribution in [0.3, 0.4) is 0 Å².